The monoisotopic (exact) mass is 404 g/mol. The molecule has 3 heterocycles. The highest BCUT2D eigenvalue weighted by Gasteiger charge is 2.64. The maximum atomic E-state index is 13.4. The molecular formula is C21H16N4O5. The average molecular weight is 404 g/mol. The predicted octanol–water partition coefficient (Wildman–Crippen LogP) is 2.06. The van der Waals surface area contributed by atoms with E-state index in [0.29, 0.717) is 0 Å². The van der Waals surface area contributed by atoms with Gasteiger partial charge in [-0.25, -0.2) is 4.90 Å². The predicted molar refractivity (Wildman–Crippen MR) is 106 cm³/mol. The maximum absolute atomic E-state index is 13.4. The highest BCUT2D eigenvalue weighted by Crippen LogP contribution is 2.52. The third kappa shape index (κ3) is 2.35. The number of anilines is 1. The fourth-order valence-corrected chi connectivity index (χ4v) is 4.80. The van der Waals surface area contributed by atoms with Crippen LogP contribution in [0.4, 0.5) is 11.4 Å². The van der Waals surface area contributed by atoms with Crippen LogP contribution in [0.3, 0.4) is 0 Å². The molecule has 30 heavy (non-hydrogen) atoms. The number of carbonyl (C=O) groups excluding carboxylic acids is 3. The second-order valence-electron chi connectivity index (χ2n) is 7.59. The molecule has 0 aromatic heterocycles. The summed E-state index contributed by atoms with van der Waals surface area (Å²) in [5, 5.41) is 16.9. The summed E-state index contributed by atoms with van der Waals surface area (Å²) in [7, 11) is 0. The number of rotatable bonds is 3. The van der Waals surface area contributed by atoms with Crippen LogP contribution >= 0.6 is 0 Å². The van der Waals surface area contributed by atoms with Gasteiger partial charge in [0.1, 0.15) is 6.04 Å². The molecule has 5 rings (SSSR count). The second-order valence-corrected chi connectivity index (χ2v) is 7.59. The summed E-state index contributed by atoms with van der Waals surface area (Å²) >= 11 is 0. The Bertz CT molecular complexity index is 1140. The first-order chi connectivity index (χ1) is 14.4. The zero-order valence-corrected chi connectivity index (χ0v) is 15.8. The van der Waals surface area contributed by atoms with E-state index < -0.39 is 40.7 Å². The Labute approximate surface area is 170 Å². The van der Waals surface area contributed by atoms with Crippen LogP contribution in [0.15, 0.2) is 53.6 Å². The largest absolute Gasteiger partial charge is 0.298 e. The lowest BCUT2D eigenvalue weighted by Gasteiger charge is -2.33. The van der Waals surface area contributed by atoms with Crippen molar-refractivity contribution in [1.29, 1.82) is 0 Å². The summed E-state index contributed by atoms with van der Waals surface area (Å²) in [4.78, 5) is 50.7. The molecule has 0 aliphatic carbocycles. The van der Waals surface area contributed by atoms with Crippen LogP contribution in [0, 0.1) is 22.0 Å². The lowest BCUT2D eigenvalue weighted by atomic mass is 9.84. The summed E-state index contributed by atoms with van der Waals surface area (Å²) < 4.78 is 0. The number of imide groups is 1. The number of benzene rings is 2. The van der Waals surface area contributed by atoms with E-state index >= 15 is 0 Å². The van der Waals surface area contributed by atoms with Gasteiger partial charge in [-0.3, -0.25) is 29.5 Å². The smallest absolute Gasteiger partial charge is 0.269 e. The number of fused-ring (bicyclic) bond motifs is 5. The third-order valence-corrected chi connectivity index (χ3v) is 6.03. The van der Waals surface area contributed by atoms with E-state index in [2.05, 4.69) is 5.10 Å². The van der Waals surface area contributed by atoms with Gasteiger partial charge >= 0.3 is 0 Å². The molecular weight excluding hydrogens is 388 g/mol. The number of hydrogen-bond donors (Lipinski definition) is 0. The fraction of sp³-hybridized carbons (Fsp3) is 0.238. The van der Waals surface area contributed by atoms with Gasteiger partial charge in [0, 0.05) is 12.1 Å². The van der Waals surface area contributed by atoms with Gasteiger partial charge in [0.2, 0.25) is 11.8 Å². The van der Waals surface area contributed by atoms with Crippen LogP contribution in [-0.4, -0.2) is 39.8 Å². The van der Waals surface area contributed by atoms with Gasteiger partial charge in [0.25, 0.3) is 5.69 Å². The number of carbonyl (C=O) groups is 3. The van der Waals surface area contributed by atoms with E-state index in [1.54, 1.807) is 11.2 Å². The molecule has 0 bridgehead atoms. The molecule has 0 radical (unpaired) electrons. The maximum Gasteiger partial charge on any atom is 0.269 e. The van der Waals surface area contributed by atoms with Crippen molar-refractivity contribution in [2.45, 2.75) is 19.0 Å². The zero-order valence-electron chi connectivity index (χ0n) is 15.8. The number of non-ortho nitro benzene ring substituents is 1. The molecule has 9 heteroatoms. The molecule has 0 saturated carbocycles. The summed E-state index contributed by atoms with van der Waals surface area (Å²) in [6.07, 6.45) is 1.64. The molecule has 2 amide bonds. The average Bonchev–Trinajstić information content (AvgIpc) is 3.21. The number of nitro groups is 1. The molecule has 0 unspecified atom stereocenters. The minimum Gasteiger partial charge on any atom is -0.298 e. The van der Waals surface area contributed by atoms with Crippen molar-refractivity contribution in [1.82, 2.24) is 5.01 Å². The van der Waals surface area contributed by atoms with Crippen LogP contribution in [0.1, 0.15) is 24.1 Å². The first-order valence-electron chi connectivity index (χ1n) is 9.44. The number of Topliss-reactive ketones (excluding diaryl/α,β-unsaturated/α-hetero) is 1. The van der Waals surface area contributed by atoms with E-state index in [0.717, 1.165) is 16.0 Å². The Morgan fingerprint density at radius 2 is 1.70 bits per heavy atom. The van der Waals surface area contributed by atoms with Crippen molar-refractivity contribution in [3.05, 3.63) is 69.8 Å². The summed E-state index contributed by atoms with van der Waals surface area (Å²) in [5.41, 5.74) is 1.81. The summed E-state index contributed by atoms with van der Waals surface area (Å²) in [6, 6.07) is 11.4. The Morgan fingerprint density at radius 3 is 2.37 bits per heavy atom. The van der Waals surface area contributed by atoms with Crippen LogP contribution in [0.5, 0.6) is 0 Å². The number of hydrazone groups is 1. The Morgan fingerprint density at radius 1 is 1.03 bits per heavy atom. The van der Waals surface area contributed by atoms with Gasteiger partial charge < -0.3 is 0 Å². The van der Waals surface area contributed by atoms with Gasteiger partial charge in [-0.15, -0.1) is 0 Å². The van der Waals surface area contributed by atoms with E-state index in [1.807, 2.05) is 24.3 Å². The molecule has 4 atom stereocenters. The Hall–Kier alpha value is -3.88. The van der Waals surface area contributed by atoms with Gasteiger partial charge in [-0.2, -0.15) is 5.10 Å². The topological polar surface area (TPSA) is 113 Å². The molecule has 3 aliphatic rings. The van der Waals surface area contributed by atoms with E-state index in [-0.39, 0.29) is 17.2 Å². The van der Waals surface area contributed by atoms with Gasteiger partial charge in [0.05, 0.1) is 34.7 Å². The van der Waals surface area contributed by atoms with Crippen molar-refractivity contribution in [3.8, 4) is 0 Å². The second kappa shape index (κ2) is 6.31. The molecule has 0 spiro atoms. The Kier molecular flexibility index (Phi) is 3.82. The van der Waals surface area contributed by atoms with Gasteiger partial charge in [0.15, 0.2) is 5.78 Å². The molecule has 3 aliphatic heterocycles. The molecule has 0 N–H and O–H groups in total. The SMILES string of the molecule is CC(=O)[C@@H]1[C@H]2C(=O)N(c3ccc([N+](=O)[O-])cc3)C(=O)[C@@H]2[C@H]2c3ccccc3C=NN12. The van der Waals surface area contributed by atoms with Crippen molar-refractivity contribution in [2.75, 3.05) is 4.90 Å². The van der Waals surface area contributed by atoms with Crippen LogP contribution in [0.2, 0.25) is 0 Å². The lowest BCUT2D eigenvalue weighted by Crippen LogP contribution is -2.43. The first-order valence-corrected chi connectivity index (χ1v) is 9.44. The summed E-state index contributed by atoms with van der Waals surface area (Å²) in [5.74, 6) is -2.78. The standard InChI is InChI=1S/C21H16N4O5/c1-11(26)18-16-17(19-15-5-3-2-4-12(15)10-22-24(18)19)21(28)23(20(16)27)13-6-8-14(9-7-13)25(29)30/h2-10,16-19H,1H3/t16-,17-,18+,19+/m0/s1. The number of ketones is 1. The van der Waals surface area contributed by atoms with Crippen LogP contribution < -0.4 is 4.90 Å². The first kappa shape index (κ1) is 18.2. The summed E-state index contributed by atoms with van der Waals surface area (Å²) in [6.45, 7) is 1.40. The number of nitro benzene ring substituents is 1. The number of amides is 2. The molecule has 150 valence electrons. The molecule has 9 nitrogen and oxygen atoms in total. The molecule has 2 saturated heterocycles. The Balaban J connectivity index is 1.60. The number of nitrogens with zero attached hydrogens (tertiary/aromatic N) is 4. The van der Waals surface area contributed by atoms with Crippen LogP contribution in [0.25, 0.3) is 0 Å². The van der Waals surface area contributed by atoms with Crippen molar-refractivity contribution < 1.29 is 19.3 Å². The van der Waals surface area contributed by atoms with Gasteiger partial charge in [-0.05, 0) is 30.2 Å². The van der Waals surface area contributed by atoms with E-state index in [9.17, 15) is 24.5 Å². The van der Waals surface area contributed by atoms with Crippen molar-refractivity contribution in [3.63, 3.8) is 0 Å². The minimum absolute atomic E-state index is 0.138. The van der Waals surface area contributed by atoms with E-state index in [1.165, 1.54) is 31.2 Å². The van der Waals surface area contributed by atoms with E-state index in [4.69, 9.17) is 0 Å². The molecule has 2 fully saturated rings. The third-order valence-electron chi connectivity index (χ3n) is 6.03. The van der Waals surface area contributed by atoms with Crippen molar-refractivity contribution >= 4 is 35.2 Å². The highest BCUT2D eigenvalue weighted by atomic mass is 16.6. The zero-order chi connectivity index (χ0) is 21.2. The molecule has 2 aromatic rings. The normalized spacial score (nSPS) is 26.4. The fourth-order valence-electron chi connectivity index (χ4n) is 4.80. The number of hydrogen-bond acceptors (Lipinski definition) is 7. The molecule has 2 aromatic carbocycles. The van der Waals surface area contributed by atoms with Crippen LogP contribution in [-0.2, 0) is 14.4 Å². The lowest BCUT2D eigenvalue weighted by molar-refractivity contribution is -0.384. The quantitative estimate of drug-likeness (QED) is 0.440. The van der Waals surface area contributed by atoms with Crippen molar-refractivity contribution in [2.24, 2.45) is 16.9 Å². The van der Waals surface area contributed by atoms with Gasteiger partial charge in [-0.1, -0.05) is 24.3 Å². The highest BCUT2D eigenvalue weighted by molar-refractivity contribution is 6.24. The minimum atomic E-state index is -0.863.